The Morgan fingerprint density at radius 3 is 2.32 bits per heavy atom. The smallest absolute Gasteiger partial charge is 0.338 e. The third-order valence-corrected chi connectivity index (χ3v) is 4.33. The fourth-order valence-corrected chi connectivity index (χ4v) is 2.80. The van der Waals surface area contributed by atoms with Gasteiger partial charge >= 0.3 is 5.97 Å². The number of benzene rings is 1. The summed E-state index contributed by atoms with van der Waals surface area (Å²) in [7, 11) is 1.59. The van der Waals surface area contributed by atoms with E-state index in [-0.39, 0.29) is 18.4 Å². The molecule has 1 heterocycles. The fourth-order valence-electron chi connectivity index (χ4n) is 2.80. The second kappa shape index (κ2) is 11.1. The molecule has 0 bridgehead atoms. The summed E-state index contributed by atoms with van der Waals surface area (Å²) in [6.45, 7) is 3.01. The van der Waals surface area contributed by atoms with Gasteiger partial charge < -0.3 is 18.9 Å². The minimum Gasteiger partial charge on any atom is -0.497 e. The van der Waals surface area contributed by atoms with Crippen LogP contribution in [0.15, 0.2) is 24.3 Å². The van der Waals surface area contributed by atoms with Gasteiger partial charge in [-0.25, -0.2) is 4.79 Å². The first kappa shape index (κ1) is 19.7. The fraction of sp³-hybridized carbons (Fsp3) is 0.650. The van der Waals surface area contributed by atoms with Crippen LogP contribution in [0.5, 0.6) is 5.75 Å². The Hall–Kier alpha value is -1.59. The minimum atomic E-state index is -0.366. The lowest BCUT2D eigenvalue weighted by Gasteiger charge is -2.29. The Balaban J connectivity index is 1.62. The Kier molecular flexibility index (Phi) is 8.77. The van der Waals surface area contributed by atoms with E-state index in [0.717, 1.165) is 12.8 Å². The van der Waals surface area contributed by atoms with Crippen molar-refractivity contribution in [1.82, 2.24) is 0 Å². The number of hydrogen-bond acceptors (Lipinski definition) is 5. The van der Waals surface area contributed by atoms with Crippen molar-refractivity contribution in [2.24, 2.45) is 0 Å². The van der Waals surface area contributed by atoms with E-state index in [1.54, 1.807) is 31.4 Å². The van der Waals surface area contributed by atoms with E-state index in [0.29, 0.717) is 24.5 Å². The van der Waals surface area contributed by atoms with Gasteiger partial charge in [-0.3, -0.25) is 0 Å². The molecule has 5 nitrogen and oxygen atoms in total. The maximum Gasteiger partial charge on any atom is 0.338 e. The number of ether oxygens (including phenoxy) is 4. The highest BCUT2D eigenvalue weighted by atomic mass is 16.7. The summed E-state index contributed by atoms with van der Waals surface area (Å²) < 4.78 is 21.9. The zero-order valence-electron chi connectivity index (χ0n) is 15.4. The number of rotatable bonds is 10. The van der Waals surface area contributed by atoms with Gasteiger partial charge in [0.1, 0.15) is 11.9 Å². The molecule has 0 atom stereocenters. The molecule has 0 saturated carbocycles. The Morgan fingerprint density at radius 1 is 1.04 bits per heavy atom. The summed E-state index contributed by atoms with van der Waals surface area (Å²) in [5.41, 5.74) is 0.495. The Morgan fingerprint density at radius 2 is 1.68 bits per heavy atom. The molecule has 1 saturated heterocycles. The zero-order chi connectivity index (χ0) is 17.9. The summed E-state index contributed by atoms with van der Waals surface area (Å²) in [6.07, 6.45) is 7.91. The molecule has 5 heteroatoms. The zero-order valence-corrected chi connectivity index (χ0v) is 15.4. The lowest BCUT2D eigenvalue weighted by molar-refractivity contribution is -0.218. The molecule has 1 aromatic rings. The van der Waals surface area contributed by atoms with Crippen molar-refractivity contribution in [2.75, 3.05) is 20.3 Å². The minimum absolute atomic E-state index is 0.165. The second-order valence-corrected chi connectivity index (χ2v) is 6.41. The van der Waals surface area contributed by atoms with Crippen LogP contribution in [0.3, 0.4) is 0 Å². The number of methoxy groups -OCH3 is 1. The van der Waals surface area contributed by atoms with Crippen molar-refractivity contribution in [3.05, 3.63) is 29.8 Å². The number of unbranched alkanes of at least 4 members (excludes halogenated alkanes) is 5. The van der Waals surface area contributed by atoms with Crippen molar-refractivity contribution in [3.8, 4) is 5.75 Å². The van der Waals surface area contributed by atoms with Crippen LogP contribution < -0.4 is 4.74 Å². The molecule has 1 aliphatic heterocycles. The van der Waals surface area contributed by atoms with E-state index >= 15 is 0 Å². The van der Waals surface area contributed by atoms with Crippen molar-refractivity contribution < 1.29 is 23.7 Å². The SMILES string of the molecule is CCCCCCCCC1OCC(OC(=O)c2ccc(OC)cc2)CO1. The summed E-state index contributed by atoms with van der Waals surface area (Å²) in [5.74, 6) is 0.340. The number of esters is 1. The van der Waals surface area contributed by atoms with Crippen LogP contribution in [0, 0.1) is 0 Å². The van der Waals surface area contributed by atoms with Gasteiger partial charge in [-0.15, -0.1) is 0 Å². The van der Waals surface area contributed by atoms with Gasteiger partial charge in [0.25, 0.3) is 0 Å². The lowest BCUT2D eigenvalue weighted by atomic mass is 10.1. The molecule has 1 aliphatic rings. The Labute approximate surface area is 150 Å². The Bertz CT molecular complexity index is 491. The largest absolute Gasteiger partial charge is 0.497 e. The number of carbonyl (C=O) groups is 1. The van der Waals surface area contributed by atoms with Crippen LogP contribution in [-0.4, -0.2) is 38.7 Å². The molecular formula is C20H30O5. The molecule has 25 heavy (non-hydrogen) atoms. The van der Waals surface area contributed by atoms with Gasteiger partial charge in [0, 0.05) is 0 Å². The molecule has 0 aliphatic carbocycles. The van der Waals surface area contributed by atoms with Gasteiger partial charge in [0.15, 0.2) is 6.29 Å². The van der Waals surface area contributed by atoms with E-state index in [4.69, 9.17) is 18.9 Å². The van der Waals surface area contributed by atoms with Gasteiger partial charge in [0.05, 0.1) is 25.9 Å². The van der Waals surface area contributed by atoms with Crippen molar-refractivity contribution in [3.63, 3.8) is 0 Å². The summed E-state index contributed by atoms with van der Waals surface area (Å²) in [4.78, 5) is 12.1. The number of hydrogen-bond donors (Lipinski definition) is 0. The highest BCUT2D eigenvalue weighted by Gasteiger charge is 2.25. The molecule has 1 aromatic carbocycles. The van der Waals surface area contributed by atoms with Crippen molar-refractivity contribution in [2.45, 2.75) is 64.3 Å². The normalized spacial score (nSPS) is 20.2. The predicted octanol–water partition coefficient (Wildman–Crippen LogP) is 4.34. The molecular weight excluding hydrogens is 320 g/mol. The van der Waals surface area contributed by atoms with Crippen LogP contribution in [0.25, 0.3) is 0 Å². The predicted molar refractivity (Wildman–Crippen MR) is 95.9 cm³/mol. The summed E-state index contributed by atoms with van der Waals surface area (Å²) >= 11 is 0. The maximum atomic E-state index is 12.1. The van der Waals surface area contributed by atoms with Gasteiger partial charge in [-0.05, 0) is 37.1 Å². The van der Waals surface area contributed by atoms with Crippen molar-refractivity contribution in [1.29, 1.82) is 0 Å². The van der Waals surface area contributed by atoms with Gasteiger partial charge in [0.2, 0.25) is 0 Å². The van der Waals surface area contributed by atoms with E-state index in [2.05, 4.69) is 6.92 Å². The topological polar surface area (TPSA) is 54.0 Å². The second-order valence-electron chi connectivity index (χ2n) is 6.41. The van der Waals surface area contributed by atoms with E-state index in [1.165, 1.54) is 32.1 Å². The first-order valence-electron chi connectivity index (χ1n) is 9.31. The highest BCUT2D eigenvalue weighted by molar-refractivity contribution is 5.89. The van der Waals surface area contributed by atoms with Crippen LogP contribution in [0.1, 0.15) is 62.2 Å². The molecule has 0 aromatic heterocycles. The summed E-state index contributed by atoms with van der Waals surface area (Å²) in [5, 5.41) is 0. The first-order valence-corrected chi connectivity index (χ1v) is 9.31. The van der Waals surface area contributed by atoms with E-state index in [1.807, 2.05) is 0 Å². The van der Waals surface area contributed by atoms with E-state index in [9.17, 15) is 4.79 Å². The van der Waals surface area contributed by atoms with Crippen LogP contribution >= 0.6 is 0 Å². The molecule has 1 fully saturated rings. The molecule has 0 amide bonds. The van der Waals surface area contributed by atoms with Crippen LogP contribution in [-0.2, 0) is 14.2 Å². The first-order chi connectivity index (χ1) is 12.2. The molecule has 0 radical (unpaired) electrons. The third kappa shape index (κ3) is 7.04. The standard InChI is InChI=1S/C20H30O5/c1-3-4-5-6-7-8-9-19-23-14-18(15-24-19)25-20(21)16-10-12-17(22-2)13-11-16/h10-13,18-19H,3-9,14-15H2,1-2H3. The van der Waals surface area contributed by atoms with Gasteiger partial charge in [-0.2, -0.15) is 0 Å². The molecule has 2 rings (SSSR count). The third-order valence-electron chi connectivity index (χ3n) is 4.33. The van der Waals surface area contributed by atoms with E-state index < -0.39 is 0 Å². The average Bonchev–Trinajstić information content (AvgIpc) is 2.66. The van der Waals surface area contributed by atoms with Crippen molar-refractivity contribution >= 4 is 5.97 Å². The summed E-state index contributed by atoms with van der Waals surface area (Å²) in [6, 6.07) is 6.85. The van der Waals surface area contributed by atoms with Gasteiger partial charge in [-0.1, -0.05) is 39.0 Å². The van der Waals surface area contributed by atoms with Crippen LogP contribution in [0.2, 0.25) is 0 Å². The maximum absolute atomic E-state index is 12.1. The quantitative estimate of drug-likeness (QED) is 0.464. The molecule has 0 spiro atoms. The number of carbonyl (C=O) groups excluding carboxylic acids is 1. The molecule has 0 N–H and O–H groups in total. The monoisotopic (exact) mass is 350 g/mol. The molecule has 140 valence electrons. The molecule has 0 unspecified atom stereocenters. The highest BCUT2D eigenvalue weighted by Crippen LogP contribution is 2.18. The van der Waals surface area contributed by atoms with Crippen LogP contribution in [0.4, 0.5) is 0 Å². The average molecular weight is 350 g/mol. The lowest BCUT2D eigenvalue weighted by Crippen LogP contribution is -2.38.